The maximum absolute atomic E-state index is 13.3. The summed E-state index contributed by atoms with van der Waals surface area (Å²) in [6, 6.07) is 4.31. The van der Waals surface area contributed by atoms with Gasteiger partial charge in [-0.05, 0) is 49.8 Å². The molecule has 1 saturated carbocycles. The first-order valence-corrected chi connectivity index (χ1v) is 11.4. The van der Waals surface area contributed by atoms with Gasteiger partial charge in [0.25, 0.3) is 0 Å². The van der Waals surface area contributed by atoms with Gasteiger partial charge < -0.3 is 21.4 Å². The fourth-order valence-corrected chi connectivity index (χ4v) is 4.57. The summed E-state index contributed by atoms with van der Waals surface area (Å²) in [6.07, 6.45) is 2.62. The van der Waals surface area contributed by atoms with Gasteiger partial charge >= 0.3 is 6.18 Å². The van der Waals surface area contributed by atoms with Crippen LogP contribution in [0.15, 0.2) is 30.6 Å². The largest absolute Gasteiger partial charge is 0.419 e. The van der Waals surface area contributed by atoms with Crippen LogP contribution >= 0.6 is 0 Å². The number of rotatable bonds is 5. The minimum atomic E-state index is -4.62. The Balaban J connectivity index is 1.47. The predicted molar refractivity (Wildman–Crippen MR) is 125 cm³/mol. The number of nitrogens with zero attached hydrogens (tertiary/aromatic N) is 5. The van der Waals surface area contributed by atoms with Crippen LogP contribution < -0.4 is 22.3 Å². The van der Waals surface area contributed by atoms with Crippen LogP contribution in [0.4, 0.5) is 30.4 Å². The molecule has 1 aliphatic carbocycles. The number of nitrogens with two attached hydrogens (primary N) is 3. The Bertz CT molecular complexity index is 1200. The van der Waals surface area contributed by atoms with E-state index in [1.807, 2.05) is 0 Å². The molecule has 3 aromatic rings. The summed E-state index contributed by atoms with van der Waals surface area (Å²) in [7, 11) is 0. The summed E-state index contributed by atoms with van der Waals surface area (Å²) in [5.74, 6) is 6.84. The van der Waals surface area contributed by atoms with Crippen molar-refractivity contribution >= 4 is 28.2 Å². The second-order valence-corrected chi connectivity index (χ2v) is 9.16. The zero-order chi connectivity index (χ0) is 24.0. The molecular formula is C23H27F3N8. The summed E-state index contributed by atoms with van der Waals surface area (Å²) in [4.78, 5) is 15.2. The molecule has 3 aromatic heterocycles. The first-order chi connectivity index (χ1) is 16.2. The molecule has 0 atom stereocenters. The molecule has 0 unspecified atom stereocenters. The number of piperidine rings is 1. The Kier molecular flexibility index (Phi) is 5.68. The van der Waals surface area contributed by atoms with Crippen LogP contribution in [0.2, 0.25) is 0 Å². The van der Waals surface area contributed by atoms with E-state index in [1.165, 1.54) is 25.2 Å². The molecule has 6 N–H and O–H groups in total. The van der Waals surface area contributed by atoms with Gasteiger partial charge in [-0.25, -0.2) is 15.8 Å². The van der Waals surface area contributed by atoms with Gasteiger partial charge in [-0.2, -0.15) is 13.2 Å². The number of halogens is 3. The molecule has 8 nitrogen and oxygen atoms in total. The molecule has 2 fully saturated rings. The van der Waals surface area contributed by atoms with E-state index in [2.05, 4.69) is 19.9 Å². The van der Waals surface area contributed by atoms with Crippen LogP contribution in [-0.4, -0.2) is 45.5 Å². The number of nitrogen functional groups attached to an aromatic ring is 2. The molecule has 180 valence electrons. The summed E-state index contributed by atoms with van der Waals surface area (Å²) in [5.41, 5.74) is 13.1. The minimum absolute atomic E-state index is 0.0730. The number of fused-ring (bicyclic) bond motifs is 1. The second kappa shape index (κ2) is 8.55. The molecule has 2 aliphatic rings. The average molecular weight is 473 g/mol. The molecule has 0 spiro atoms. The van der Waals surface area contributed by atoms with Crippen molar-refractivity contribution in [3.8, 4) is 11.3 Å². The number of hydrogen-bond donors (Lipinski definition) is 3. The molecule has 0 bridgehead atoms. The SMILES string of the molecule is Nc1cnc2ccc(-c3cnc(N)c(C(F)(F)F)c3)nc2c1N(N)C1CCN(CC2CC2)CC1. The lowest BCUT2D eigenvalue weighted by molar-refractivity contribution is -0.137. The third-order valence-electron chi connectivity index (χ3n) is 6.66. The van der Waals surface area contributed by atoms with Gasteiger partial charge in [0, 0.05) is 37.4 Å². The molecule has 5 rings (SSSR count). The predicted octanol–water partition coefficient (Wildman–Crippen LogP) is 3.43. The number of likely N-dealkylation sites (tertiary alicyclic amines) is 1. The van der Waals surface area contributed by atoms with Crippen molar-refractivity contribution in [2.24, 2.45) is 11.8 Å². The van der Waals surface area contributed by atoms with E-state index in [0.717, 1.165) is 44.5 Å². The van der Waals surface area contributed by atoms with Crippen molar-refractivity contribution in [2.75, 3.05) is 36.1 Å². The lowest BCUT2D eigenvalue weighted by Gasteiger charge is -2.37. The average Bonchev–Trinajstić information content (AvgIpc) is 3.62. The summed E-state index contributed by atoms with van der Waals surface area (Å²) in [6.45, 7) is 3.08. The lowest BCUT2D eigenvalue weighted by atomic mass is 10.0. The van der Waals surface area contributed by atoms with Gasteiger partial charge in [-0.15, -0.1) is 0 Å². The Hall–Kier alpha value is -3.18. The van der Waals surface area contributed by atoms with Crippen molar-refractivity contribution in [3.05, 3.63) is 36.2 Å². The maximum Gasteiger partial charge on any atom is 0.419 e. The topological polar surface area (TPSA) is 123 Å². The molecule has 0 radical (unpaired) electrons. The third kappa shape index (κ3) is 4.45. The molecule has 0 aromatic carbocycles. The minimum Gasteiger partial charge on any atom is -0.396 e. The summed E-state index contributed by atoms with van der Waals surface area (Å²) in [5, 5.41) is 1.66. The highest BCUT2D eigenvalue weighted by Gasteiger charge is 2.34. The highest BCUT2D eigenvalue weighted by Crippen LogP contribution is 2.37. The van der Waals surface area contributed by atoms with E-state index in [1.54, 1.807) is 17.1 Å². The number of hydrogen-bond acceptors (Lipinski definition) is 8. The Labute approximate surface area is 194 Å². The molecule has 4 heterocycles. The fourth-order valence-electron chi connectivity index (χ4n) is 4.57. The van der Waals surface area contributed by atoms with E-state index in [0.29, 0.717) is 28.1 Å². The van der Waals surface area contributed by atoms with E-state index in [4.69, 9.17) is 17.3 Å². The molecule has 0 amide bonds. The van der Waals surface area contributed by atoms with E-state index in [-0.39, 0.29) is 11.6 Å². The monoisotopic (exact) mass is 472 g/mol. The Morgan fingerprint density at radius 3 is 2.44 bits per heavy atom. The van der Waals surface area contributed by atoms with E-state index >= 15 is 0 Å². The quantitative estimate of drug-likeness (QED) is 0.381. The fraction of sp³-hybridized carbons (Fsp3) is 0.435. The van der Waals surface area contributed by atoms with Gasteiger partial charge in [0.2, 0.25) is 0 Å². The van der Waals surface area contributed by atoms with E-state index in [9.17, 15) is 13.2 Å². The first kappa shape index (κ1) is 22.6. The lowest BCUT2D eigenvalue weighted by Crippen LogP contribution is -2.49. The van der Waals surface area contributed by atoms with Gasteiger partial charge in [0.05, 0.1) is 28.7 Å². The molecule has 11 heteroatoms. The smallest absolute Gasteiger partial charge is 0.396 e. The summed E-state index contributed by atoms with van der Waals surface area (Å²) >= 11 is 0. The number of hydrazine groups is 1. The number of pyridine rings is 3. The van der Waals surface area contributed by atoms with Crippen molar-refractivity contribution in [2.45, 2.75) is 37.9 Å². The third-order valence-corrected chi connectivity index (χ3v) is 6.66. The van der Waals surface area contributed by atoms with Gasteiger partial charge in [0.1, 0.15) is 17.0 Å². The second-order valence-electron chi connectivity index (χ2n) is 9.16. The number of anilines is 3. The normalized spacial score (nSPS) is 17.9. The Morgan fingerprint density at radius 1 is 1.03 bits per heavy atom. The van der Waals surface area contributed by atoms with Crippen LogP contribution in [0, 0.1) is 5.92 Å². The summed E-state index contributed by atoms with van der Waals surface area (Å²) < 4.78 is 40.0. The molecule has 1 saturated heterocycles. The highest BCUT2D eigenvalue weighted by atomic mass is 19.4. The van der Waals surface area contributed by atoms with Crippen LogP contribution in [0.3, 0.4) is 0 Å². The molecule has 34 heavy (non-hydrogen) atoms. The molecule has 1 aliphatic heterocycles. The Morgan fingerprint density at radius 2 is 1.76 bits per heavy atom. The van der Waals surface area contributed by atoms with Crippen LogP contribution in [-0.2, 0) is 6.18 Å². The zero-order valence-corrected chi connectivity index (χ0v) is 18.6. The van der Waals surface area contributed by atoms with Crippen molar-refractivity contribution in [1.29, 1.82) is 0 Å². The first-order valence-electron chi connectivity index (χ1n) is 11.4. The van der Waals surface area contributed by atoms with Crippen LogP contribution in [0.5, 0.6) is 0 Å². The van der Waals surface area contributed by atoms with Crippen LogP contribution in [0.25, 0.3) is 22.3 Å². The number of alkyl halides is 3. The van der Waals surface area contributed by atoms with Crippen LogP contribution in [0.1, 0.15) is 31.2 Å². The van der Waals surface area contributed by atoms with Gasteiger partial charge in [-0.1, -0.05) is 0 Å². The van der Waals surface area contributed by atoms with E-state index < -0.39 is 17.6 Å². The maximum atomic E-state index is 13.3. The van der Waals surface area contributed by atoms with Crippen molar-refractivity contribution < 1.29 is 13.2 Å². The molecular weight excluding hydrogens is 445 g/mol. The number of aromatic nitrogens is 3. The van der Waals surface area contributed by atoms with Gasteiger partial charge in [-0.3, -0.25) is 4.98 Å². The van der Waals surface area contributed by atoms with Crippen molar-refractivity contribution in [3.63, 3.8) is 0 Å². The highest BCUT2D eigenvalue weighted by molar-refractivity contribution is 5.95. The zero-order valence-electron chi connectivity index (χ0n) is 18.6. The van der Waals surface area contributed by atoms with Gasteiger partial charge in [0.15, 0.2) is 0 Å². The standard InChI is InChI=1S/C23H27F3N8/c24-23(25,26)16-9-14(10-31-22(16)28)18-3-4-19-20(32-18)21(17(27)11-30-19)34(29)15-5-7-33(8-6-15)12-13-1-2-13/h3-4,9-11,13,15H,1-2,5-8,12,27,29H2,(H2,28,31). The van der Waals surface area contributed by atoms with Crippen molar-refractivity contribution in [1.82, 2.24) is 19.9 Å².